The molecule has 0 bridgehead atoms. The predicted octanol–water partition coefficient (Wildman–Crippen LogP) is 1.19. The highest BCUT2D eigenvalue weighted by atomic mass is 32.2. The molecule has 0 fully saturated rings. The smallest absolute Gasteiger partial charge is 0.264 e. The summed E-state index contributed by atoms with van der Waals surface area (Å²) in [5.74, 6) is 0.786. The first kappa shape index (κ1) is 14.0. The van der Waals surface area contributed by atoms with Gasteiger partial charge in [0, 0.05) is 0 Å². The SMILES string of the molecule is COc1ccc(COCCOS(C)(=O)=O)cc1. The molecule has 17 heavy (non-hydrogen) atoms. The van der Waals surface area contributed by atoms with Gasteiger partial charge in [-0.1, -0.05) is 12.1 Å². The predicted molar refractivity (Wildman–Crippen MR) is 63.4 cm³/mol. The van der Waals surface area contributed by atoms with Crippen LogP contribution in [0.15, 0.2) is 24.3 Å². The van der Waals surface area contributed by atoms with E-state index in [2.05, 4.69) is 4.18 Å². The quantitative estimate of drug-likeness (QED) is 0.544. The molecule has 6 heteroatoms. The van der Waals surface area contributed by atoms with Crippen LogP contribution in [-0.2, 0) is 25.6 Å². The van der Waals surface area contributed by atoms with Crippen LogP contribution in [0.3, 0.4) is 0 Å². The highest BCUT2D eigenvalue weighted by Gasteiger charge is 2.00. The van der Waals surface area contributed by atoms with Gasteiger partial charge in [-0.25, -0.2) is 0 Å². The molecule has 0 saturated heterocycles. The molecule has 0 N–H and O–H groups in total. The maximum Gasteiger partial charge on any atom is 0.264 e. The first-order chi connectivity index (χ1) is 8.01. The summed E-state index contributed by atoms with van der Waals surface area (Å²) in [4.78, 5) is 0. The van der Waals surface area contributed by atoms with Gasteiger partial charge in [0.25, 0.3) is 10.1 Å². The van der Waals surface area contributed by atoms with Crippen LogP contribution in [0.5, 0.6) is 5.75 Å². The van der Waals surface area contributed by atoms with Gasteiger partial charge in [0.2, 0.25) is 0 Å². The third-order valence-corrected chi connectivity index (χ3v) is 2.55. The van der Waals surface area contributed by atoms with Crippen LogP contribution in [-0.4, -0.2) is 35.0 Å². The second-order valence-corrected chi connectivity index (χ2v) is 5.07. The molecule has 1 rings (SSSR count). The van der Waals surface area contributed by atoms with Crippen molar-refractivity contribution in [2.24, 2.45) is 0 Å². The topological polar surface area (TPSA) is 61.8 Å². The molecule has 96 valence electrons. The lowest BCUT2D eigenvalue weighted by molar-refractivity contribution is 0.0910. The first-order valence-corrected chi connectivity index (χ1v) is 6.88. The second-order valence-electron chi connectivity index (χ2n) is 3.43. The van der Waals surface area contributed by atoms with Gasteiger partial charge in [0.1, 0.15) is 5.75 Å². The van der Waals surface area contributed by atoms with Gasteiger partial charge >= 0.3 is 0 Å². The highest BCUT2D eigenvalue weighted by Crippen LogP contribution is 2.11. The number of rotatable bonds is 7. The summed E-state index contributed by atoms with van der Waals surface area (Å²) in [7, 11) is -1.77. The normalized spacial score (nSPS) is 11.4. The Morgan fingerprint density at radius 2 is 1.76 bits per heavy atom. The summed E-state index contributed by atoms with van der Waals surface area (Å²) in [5, 5.41) is 0. The van der Waals surface area contributed by atoms with Crippen LogP contribution in [0.2, 0.25) is 0 Å². The summed E-state index contributed by atoms with van der Waals surface area (Å²) >= 11 is 0. The van der Waals surface area contributed by atoms with Crippen LogP contribution in [0.1, 0.15) is 5.56 Å². The van der Waals surface area contributed by atoms with Crippen LogP contribution in [0.4, 0.5) is 0 Å². The van der Waals surface area contributed by atoms with Crippen molar-refractivity contribution in [2.45, 2.75) is 6.61 Å². The third-order valence-electron chi connectivity index (χ3n) is 1.95. The van der Waals surface area contributed by atoms with Crippen molar-refractivity contribution in [3.63, 3.8) is 0 Å². The Morgan fingerprint density at radius 3 is 2.29 bits per heavy atom. The molecule has 0 atom stereocenters. The molecule has 0 aliphatic rings. The van der Waals surface area contributed by atoms with Crippen molar-refractivity contribution >= 4 is 10.1 Å². The fraction of sp³-hybridized carbons (Fsp3) is 0.455. The molecule has 0 heterocycles. The molecule has 0 spiro atoms. The summed E-state index contributed by atoms with van der Waals surface area (Å²) in [6.45, 7) is 0.686. The number of benzene rings is 1. The largest absolute Gasteiger partial charge is 0.497 e. The Morgan fingerprint density at radius 1 is 1.12 bits per heavy atom. The fourth-order valence-corrected chi connectivity index (χ4v) is 1.53. The van der Waals surface area contributed by atoms with E-state index in [9.17, 15) is 8.42 Å². The number of hydrogen-bond donors (Lipinski definition) is 0. The lowest BCUT2D eigenvalue weighted by atomic mass is 10.2. The number of hydrogen-bond acceptors (Lipinski definition) is 5. The van der Waals surface area contributed by atoms with E-state index in [-0.39, 0.29) is 13.2 Å². The molecule has 0 amide bonds. The Hall–Kier alpha value is -1.11. The van der Waals surface area contributed by atoms with Crippen molar-refractivity contribution in [2.75, 3.05) is 26.6 Å². The van der Waals surface area contributed by atoms with E-state index in [1.807, 2.05) is 24.3 Å². The van der Waals surface area contributed by atoms with Crippen LogP contribution < -0.4 is 4.74 Å². The molecule has 0 unspecified atom stereocenters. The van der Waals surface area contributed by atoms with Crippen molar-refractivity contribution in [3.05, 3.63) is 29.8 Å². The Labute approximate surface area is 101 Å². The van der Waals surface area contributed by atoms with E-state index >= 15 is 0 Å². The highest BCUT2D eigenvalue weighted by molar-refractivity contribution is 7.85. The standard InChI is InChI=1S/C11H16O5S/c1-14-11-5-3-10(4-6-11)9-15-7-8-16-17(2,12)13/h3-6H,7-9H2,1-2H3. The molecule has 0 radical (unpaired) electrons. The van der Waals surface area contributed by atoms with Crippen molar-refractivity contribution < 1.29 is 22.1 Å². The first-order valence-electron chi connectivity index (χ1n) is 5.06. The van der Waals surface area contributed by atoms with Crippen molar-refractivity contribution in [1.29, 1.82) is 0 Å². The van der Waals surface area contributed by atoms with Crippen molar-refractivity contribution in [3.8, 4) is 5.75 Å². The van der Waals surface area contributed by atoms with E-state index in [0.717, 1.165) is 17.6 Å². The summed E-state index contributed by atoms with van der Waals surface area (Å²) < 4.78 is 36.1. The van der Waals surface area contributed by atoms with E-state index in [1.165, 1.54) is 0 Å². The third kappa shape index (κ3) is 6.25. The average Bonchev–Trinajstić information content (AvgIpc) is 2.28. The second kappa shape index (κ2) is 6.58. The molecule has 1 aromatic carbocycles. The maximum atomic E-state index is 10.6. The number of ether oxygens (including phenoxy) is 2. The van der Waals surface area contributed by atoms with Gasteiger partial charge < -0.3 is 9.47 Å². The minimum absolute atomic E-state index is 0.0367. The van der Waals surface area contributed by atoms with Crippen LogP contribution >= 0.6 is 0 Å². The summed E-state index contributed by atoms with van der Waals surface area (Å²) in [6.07, 6.45) is 1.01. The Kier molecular flexibility index (Phi) is 5.40. The molecule has 0 aliphatic carbocycles. The van der Waals surface area contributed by atoms with Gasteiger partial charge in [-0.2, -0.15) is 8.42 Å². The zero-order valence-electron chi connectivity index (χ0n) is 9.88. The van der Waals surface area contributed by atoms with Gasteiger partial charge in [-0.3, -0.25) is 4.18 Å². The fourth-order valence-electron chi connectivity index (χ4n) is 1.16. The van der Waals surface area contributed by atoms with Crippen molar-refractivity contribution in [1.82, 2.24) is 0 Å². The molecular formula is C11H16O5S. The zero-order chi connectivity index (χ0) is 12.7. The minimum atomic E-state index is -3.37. The number of methoxy groups -OCH3 is 1. The molecule has 0 saturated carbocycles. The van der Waals surface area contributed by atoms with E-state index in [4.69, 9.17) is 9.47 Å². The maximum absolute atomic E-state index is 10.6. The Balaban J connectivity index is 2.22. The van der Waals surface area contributed by atoms with E-state index in [1.54, 1.807) is 7.11 Å². The Bertz CT molecular complexity index is 424. The van der Waals surface area contributed by atoms with Gasteiger partial charge in [0.05, 0.1) is 33.2 Å². The molecule has 0 aliphatic heterocycles. The molecule has 5 nitrogen and oxygen atoms in total. The molecule has 1 aromatic rings. The monoisotopic (exact) mass is 260 g/mol. The molecular weight excluding hydrogens is 244 g/mol. The van der Waals surface area contributed by atoms with E-state index in [0.29, 0.717) is 6.61 Å². The molecule has 0 aromatic heterocycles. The zero-order valence-corrected chi connectivity index (χ0v) is 10.7. The lowest BCUT2D eigenvalue weighted by Gasteiger charge is -2.05. The van der Waals surface area contributed by atoms with Gasteiger partial charge in [-0.05, 0) is 17.7 Å². The lowest BCUT2D eigenvalue weighted by Crippen LogP contribution is -2.09. The summed E-state index contributed by atoms with van der Waals surface area (Å²) in [6, 6.07) is 7.45. The van der Waals surface area contributed by atoms with Crippen LogP contribution in [0.25, 0.3) is 0 Å². The minimum Gasteiger partial charge on any atom is -0.497 e. The average molecular weight is 260 g/mol. The van der Waals surface area contributed by atoms with E-state index < -0.39 is 10.1 Å². The van der Waals surface area contributed by atoms with Crippen LogP contribution in [0, 0.1) is 0 Å². The summed E-state index contributed by atoms with van der Waals surface area (Å²) in [5.41, 5.74) is 0.991. The van der Waals surface area contributed by atoms with Gasteiger partial charge in [-0.15, -0.1) is 0 Å². The van der Waals surface area contributed by atoms with Gasteiger partial charge in [0.15, 0.2) is 0 Å².